The van der Waals surface area contributed by atoms with Crippen molar-refractivity contribution >= 4 is 11.6 Å². The van der Waals surface area contributed by atoms with Crippen molar-refractivity contribution < 1.29 is 13.2 Å². The standard InChI is InChI=1S/C8H8ClF3N2/c9-7-5(1-3-13)6(2-4-14-7)8(10,11)12/h2,4H,1,3,13H2. The van der Waals surface area contributed by atoms with Gasteiger partial charge in [-0.25, -0.2) is 4.98 Å². The monoisotopic (exact) mass is 224 g/mol. The highest BCUT2D eigenvalue weighted by molar-refractivity contribution is 6.30. The first kappa shape index (κ1) is 11.3. The molecule has 0 bridgehead atoms. The number of nitrogens with two attached hydrogens (primary N) is 1. The molecule has 2 N–H and O–H groups in total. The highest BCUT2D eigenvalue weighted by Crippen LogP contribution is 2.34. The lowest BCUT2D eigenvalue weighted by molar-refractivity contribution is -0.138. The van der Waals surface area contributed by atoms with E-state index >= 15 is 0 Å². The Labute approximate surface area is 83.9 Å². The number of alkyl halides is 3. The van der Waals surface area contributed by atoms with Crippen LogP contribution in [0.15, 0.2) is 12.3 Å². The molecule has 0 aliphatic heterocycles. The maximum atomic E-state index is 12.4. The van der Waals surface area contributed by atoms with Gasteiger partial charge in [0.15, 0.2) is 0 Å². The molecule has 0 amide bonds. The Morgan fingerprint density at radius 3 is 2.57 bits per heavy atom. The van der Waals surface area contributed by atoms with Crippen molar-refractivity contribution in [3.63, 3.8) is 0 Å². The Kier molecular flexibility index (Phi) is 3.34. The minimum atomic E-state index is -4.41. The molecule has 0 saturated heterocycles. The molecular formula is C8H8ClF3N2. The highest BCUT2D eigenvalue weighted by atomic mass is 35.5. The third kappa shape index (κ3) is 2.36. The van der Waals surface area contributed by atoms with E-state index in [4.69, 9.17) is 17.3 Å². The normalized spacial score (nSPS) is 11.8. The molecule has 0 atom stereocenters. The van der Waals surface area contributed by atoms with Crippen LogP contribution in [-0.2, 0) is 12.6 Å². The third-order valence-electron chi connectivity index (χ3n) is 1.70. The van der Waals surface area contributed by atoms with E-state index in [-0.39, 0.29) is 23.7 Å². The van der Waals surface area contributed by atoms with E-state index in [9.17, 15) is 13.2 Å². The van der Waals surface area contributed by atoms with Crippen LogP contribution in [0.1, 0.15) is 11.1 Å². The van der Waals surface area contributed by atoms with Crippen molar-refractivity contribution in [1.29, 1.82) is 0 Å². The highest BCUT2D eigenvalue weighted by Gasteiger charge is 2.34. The van der Waals surface area contributed by atoms with Crippen LogP contribution in [0.5, 0.6) is 0 Å². The van der Waals surface area contributed by atoms with Crippen LogP contribution in [0.25, 0.3) is 0 Å². The summed E-state index contributed by atoms with van der Waals surface area (Å²) in [6.07, 6.45) is -3.30. The van der Waals surface area contributed by atoms with Gasteiger partial charge in [0.2, 0.25) is 0 Å². The van der Waals surface area contributed by atoms with Gasteiger partial charge in [-0.3, -0.25) is 0 Å². The fourth-order valence-corrected chi connectivity index (χ4v) is 1.37. The molecule has 0 fully saturated rings. The van der Waals surface area contributed by atoms with Crippen molar-refractivity contribution in [2.24, 2.45) is 5.73 Å². The summed E-state index contributed by atoms with van der Waals surface area (Å²) in [5.41, 5.74) is 4.39. The first-order valence-corrected chi connectivity index (χ1v) is 4.25. The second kappa shape index (κ2) is 4.14. The molecule has 0 spiro atoms. The third-order valence-corrected chi connectivity index (χ3v) is 2.03. The van der Waals surface area contributed by atoms with Gasteiger partial charge in [-0.15, -0.1) is 0 Å². The van der Waals surface area contributed by atoms with Crippen molar-refractivity contribution in [2.45, 2.75) is 12.6 Å². The van der Waals surface area contributed by atoms with Gasteiger partial charge >= 0.3 is 6.18 Å². The molecule has 0 aliphatic rings. The molecule has 0 radical (unpaired) electrons. The van der Waals surface area contributed by atoms with E-state index in [2.05, 4.69) is 4.98 Å². The lowest BCUT2D eigenvalue weighted by Crippen LogP contribution is -2.13. The zero-order chi connectivity index (χ0) is 10.8. The number of halogens is 4. The molecular weight excluding hydrogens is 217 g/mol. The fraction of sp³-hybridized carbons (Fsp3) is 0.375. The van der Waals surface area contributed by atoms with E-state index < -0.39 is 11.7 Å². The fourth-order valence-electron chi connectivity index (χ4n) is 1.11. The molecule has 1 rings (SSSR count). The van der Waals surface area contributed by atoms with Crippen LogP contribution in [0.2, 0.25) is 5.15 Å². The van der Waals surface area contributed by atoms with Crippen LogP contribution in [0, 0.1) is 0 Å². The lowest BCUT2D eigenvalue weighted by atomic mass is 10.1. The quantitative estimate of drug-likeness (QED) is 0.783. The van der Waals surface area contributed by atoms with Gasteiger partial charge in [0.1, 0.15) is 5.15 Å². The first-order valence-electron chi connectivity index (χ1n) is 3.87. The van der Waals surface area contributed by atoms with Crippen LogP contribution in [0.3, 0.4) is 0 Å². The van der Waals surface area contributed by atoms with E-state index in [0.717, 1.165) is 12.3 Å². The van der Waals surface area contributed by atoms with Gasteiger partial charge in [-0.2, -0.15) is 13.2 Å². The average Bonchev–Trinajstić information content (AvgIpc) is 2.07. The average molecular weight is 225 g/mol. The molecule has 78 valence electrons. The topological polar surface area (TPSA) is 38.9 Å². The van der Waals surface area contributed by atoms with Crippen molar-refractivity contribution in [3.05, 3.63) is 28.5 Å². The number of hydrogen-bond donors (Lipinski definition) is 1. The van der Waals surface area contributed by atoms with Crippen molar-refractivity contribution in [3.8, 4) is 0 Å². The SMILES string of the molecule is NCCc1c(C(F)(F)F)ccnc1Cl. The van der Waals surface area contributed by atoms with Gasteiger partial charge in [0, 0.05) is 11.8 Å². The largest absolute Gasteiger partial charge is 0.416 e. The maximum Gasteiger partial charge on any atom is 0.416 e. The molecule has 0 aliphatic carbocycles. The van der Waals surface area contributed by atoms with Gasteiger partial charge in [-0.05, 0) is 19.0 Å². The van der Waals surface area contributed by atoms with Gasteiger partial charge in [-0.1, -0.05) is 11.6 Å². The zero-order valence-corrected chi connectivity index (χ0v) is 7.86. The molecule has 14 heavy (non-hydrogen) atoms. The van der Waals surface area contributed by atoms with E-state index in [1.165, 1.54) is 0 Å². The molecule has 1 aromatic heterocycles. The van der Waals surface area contributed by atoms with Gasteiger partial charge < -0.3 is 5.73 Å². The number of aromatic nitrogens is 1. The Morgan fingerprint density at radius 2 is 2.07 bits per heavy atom. The van der Waals surface area contributed by atoms with E-state index in [0.29, 0.717) is 0 Å². The van der Waals surface area contributed by atoms with Crippen LogP contribution in [0.4, 0.5) is 13.2 Å². The van der Waals surface area contributed by atoms with E-state index in [1.54, 1.807) is 0 Å². The minimum absolute atomic E-state index is 0.0378. The molecule has 0 aromatic carbocycles. The van der Waals surface area contributed by atoms with Crippen LogP contribution >= 0.6 is 11.6 Å². The summed E-state index contributed by atoms with van der Waals surface area (Å²) in [7, 11) is 0. The molecule has 1 aromatic rings. The number of hydrogen-bond acceptors (Lipinski definition) is 2. The molecule has 0 saturated carbocycles. The number of rotatable bonds is 2. The Bertz CT molecular complexity index is 325. The molecule has 1 heterocycles. The molecule has 2 nitrogen and oxygen atoms in total. The summed E-state index contributed by atoms with van der Waals surface area (Å²) in [4.78, 5) is 3.58. The smallest absolute Gasteiger partial charge is 0.330 e. The van der Waals surface area contributed by atoms with Crippen molar-refractivity contribution in [1.82, 2.24) is 4.98 Å². The second-order valence-electron chi connectivity index (χ2n) is 2.66. The predicted octanol–water partition coefficient (Wildman–Crippen LogP) is 2.25. The second-order valence-corrected chi connectivity index (χ2v) is 3.02. The predicted molar refractivity (Wildman–Crippen MR) is 47.0 cm³/mol. The number of pyridine rings is 1. The zero-order valence-electron chi connectivity index (χ0n) is 7.11. The molecule has 0 unspecified atom stereocenters. The van der Waals surface area contributed by atoms with E-state index in [1.807, 2.05) is 0 Å². The number of nitrogens with zero attached hydrogens (tertiary/aromatic N) is 1. The summed E-state index contributed by atoms with van der Waals surface area (Å²) < 4.78 is 37.3. The summed E-state index contributed by atoms with van der Waals surface area (Å²) in [5, 5.41) is -0.134. The lowest BCUT2D eigenvalue weighted by Gasteiger charge is -2.12. The van der Waals surface area contributed by atoms with Crippen molar-refractivity contribution in [2.75, 3.05) is 6.54 Å². The summed E-state index contributed by atoms with van der Waals surface area (Å²) in [5.74, 6) is 0. The minimum Gasteiger partial charge on any atom is -0.330 e. The first-order chi connectivity index (χ1) is 6.46. The summed E-state index contributed by atoms with van der Waals surface area (Å²) in [6, 6.07) is 0.900. The summed E-state index contributed by atoms with van der Waals surface area (Å²) in [6.45, 7) is 0.106. The summed E-state index contributed by atoms with van der Waals surface area (Å²) >= 11 is 5.55. The van der Waals surface area contributed by atoms with Crippen LogP contribution in [-0.4, -0.2) is 11.5 Å². The Morgan fingerprint density at radius 1 is 1.43 bits per heavy atom. The Hall–Kier alpha value is -0.810. The van der Waals surface area contributed by atoms with Gasteiger partial charge in [0.05, 0.1) is 5.56 Å². The molecule has 6 heteroatoms. The Balaban J connectivity index is 3.21. The maximum absolute atomic E-state index is 12.4. The van der Waals surface area contributed by atoms with Gasteiger partial charge in [0.25, 0.3) is 0 Å². The van der Waals surface area contributed by atoms with Crippen LogP contribution < -0.4 is 5.73 Å².